The average Bonchev–Trinajstić information content (AvgIpc) is 2.36. The van der Waals surface area contributed by atoms with Crippen LogP contribution in [0.3, 0.4) is 0 Å². The van der Waals surface area contributed by atoms with Crippen molar-refractivity contribution < 1.29 is 4.74 Å². The van der Waals surface area contributed by atoms with E-state index in [1.54, 1.807) is 22.9 Å². The average molecular weight is 244 g/mol. The highest BCUT2D eigenvalue weighted by Gasteiger charge is 2.00. The molecule has 0 radical (unpaired) electrons. The number of rotatable bonds is 4. The lowest BCUT2D eigenvalue weighted by Gasteiger charge is -2.10. The van der Waals surface area contributed by atoms with Gasteiger partial charge in [0.1, 0.15) is 12.4 Å². The Bertz CT molecular complexity index is 590. The van der Waals surface area contributed by atoms with Gasteiger partial charge in [-0.1, -0.05) is 12.1 Å². The van der Waals surface area contributed by atoms with Crippen LogP contribution in [0.25, 0.3) is 0 Å². The highest BCUT2D eigenvalue weighted by atomic mass is 16.5. The summed E-state index contributed by atoms with van der Waals surface area (Å²) in [5.41, 5.74) is 7.38. The second kappa shape index (κ2) is 5.40. The number of aromatic nitrogens is 1. The van der Waals surface area contributed by atoms with Crippen LogP contribution in [0, 0.1) is 6.92 Å². The van der Waals surface area contributed by atoms with Gasteiger partial charge in [-0.2, -0.15) is 0 Å². The summed E-state index contributed by atoms with van der Waals surface area (Å²) in [6.45, 7) is 2.92. The van der Waals surface area contributed by atoms with E-state index in [1.165, 1.54) is 6.07 Å². The molecule has 1 heterocycles. The van der Waals surface area contributed by atoms with E-state index in [4.69, 9.17) is 10.5 Å². The normalized spacial score (nSPS) is 10.3. The van der Waals surface area contributed by atoms with Gasteiger partial charge in [0, 0.05) is 24.0 Å². The maximum Gasteiger partial charge on any atom is 0.250 e. The van der Waals surface area contributed by atoms with Crippen molar-refractivity contribution in [2.24, 2.45) is 0 Å². The summed E-state index contributed by atoms with van der Waals surface area (Å²) < 4.78 is 7.25. The quantitative estimate of drug-likeness (QED) is 0.835. The molecule has 0 saturated carbocycles. The molecule has 18 heavy (non-hydrogen) atoms. The third-order valence-corrected chi connectivity index (χ3v) is 2.70. The molecule has 4 heteroatoms. The van der Waals surface area contributed by atoms with Crippen molar-refractivity contribution >= 4 is 5.69 Å². The fourth-order valence-electron chi connectivity index (χ4n) is 1.67. The second-order valence-electron chi connectivity index (χ2n) is 4.11. The molecule has 0 unspecified atom stereocenters. The zero-order chi connectivity index (χ0) is 13.0. The Kier molecular flexibility index (Phi) is 3.67. The summed E-state index contributed by atoms with van der Waals surface area (Å²) in [4.78, 5) is 11.5. The molecule has 2 rings (SSSR count). The van der Waals surface area contributed by atoms with Crippen molar-refractivity contribution in [3.63, 3.8) is 0 Å². The van der Waals surface area contributed by atoms with E-state index in [1.807, 2.05) is 25.1 Å². The van der Waals surface area contributed by atoms with Gasteiger partial charge < -0.3 is 15.0 Å². The van der Waals surface area contributed by atoms with Gasteiger partial charge >= 0.3 is 0 Å². The van der Waals surface area contributed by atoms with Gasteiger partial charge in [0.05, 0.1) is 6.54 Å². The van der Waals surface area contributed by atoms with Crippen LogP contribution < -0.4 is 16.0 Å². The molecule has 0 spiro atoms. The molecule has 0 atom stereocenters. The molecule has 0 fully saturated rings. The SMILES string of the molecule is Cc1ccc(N)cc1OCCn1ccccc1=O. The van der Waals surface area contributed by atoms with Crippen LogP contribution in [0.4, 0.5) is 5.69 Å². The number of benzene rings is 1. The van der Waals surface area contributed by atoms with Crippen molar-refractivity contribution in [3.8, 4) is 5.75 Å². The molecule has 0 aliphatic heterocycles. The first-order valence-corrected chi connectivity index (χ1v) is 5.81. The zero-order valence-electron chi connectivity index (χ0n) is 10.3. The lowest BCUT2D eigenvalue weighted by atomic mass is 10.2. The Morgan fingerprint density at radius 2 is 2.11 bits per heavy atom. The standard InChI is InChI=1S/C14H16N2O2/c1-11-5-6-12(15)10-13(11)18-9-8-16-7-3-2-4-14(16)17/h2-7,10H,8-9,15H2,1H3. The van der Waals surface area contributed by atoms with Gasteiger partial charge in [0.25, 0.3) is 5.56 Å². The number of hydrogen-bond acceptors (Lipinski definition) is 3. The maximum absolute atomic E-state index is 11.5. The number of hydrogen-bond donors (Lipinski definition) is 1. The van der Waals surface area contributed by atoms with Crippen molar-refractivity contribution in [2.75, 3.05) is 12.3 Å². The summed E-state index contributed by atoms with van der Waals surface area (Å²) in [6, 6.07) is 10.6. The number of pyridine rings is 1. The molecule has 0 bridgehead atoms. The first-order valence-electron chi connectivity index (χ1n) is 5.81. The maximum atomic E-state index is 11.5. The predicted molar refractivity (Wildman–Crippen MR) is 71.8 cm³/mol. The van der Waals surface area contributed by atoms with Crippen molar-refractivity contribution in [3.05, 3.63) is 58.5 Å². The van der Waals surface area contributed by atoms with Gasteiger partial charge in [-0.15, -0.1) is 0 Å². The zero-order valence-corrected chi connectivity index (χ0v) is 10.3. The number of anilines is 1. The van der Waals surface area contributed by atoms with Gasteiger partial charge in [-0.05, 0) is 24.6 Å². The Labute approximate surface area is 106 Å². The third-order valence-electron chi connectivity index (χ3n) is 2.70. The molecule has 4 nitrogen and oxygen atoms in total. The number of ether oxygens (including phenoxy) is 1. The number of nitrogen functional groups attached to an aromatic ring is 1. The summed E-state index contributed by atoms with van der Waals surface area (Å²) >= 11 is 0. The first kappa shape index (κ1) is 12.2. The fraction of sp³-hybridized carbons (Fsp3) is 0.214. The topological polar surface area (TPSA) is 57.2 Å². The van der Waals surface area contributed by atoms with E-state index in [0.29, 0.717) is 18.8 Å². The molecule has 94 valence electrons. The number of nitrogens with two attached hydrogens (primary N) is 1. The minimum absolute atomic E-state index is 0.0228. The molecule has 0 aliphatic rings. The smallest absolute Gasteiger partial charge is 0.250 e. The van der Waals surface area contributed by atoms with E-state index in [-0.39, 0.29) is 5.56 Å². The molecular formula is C14H16N2O2. The molecule has 1 aromatic heterocycles. The largest absolute Gasteiger partial charge is 0.491 e. The molecular weight excluding hydrogens is 228 g/mol. The van der Waals surface area contributed by atoms with Crippen molar-refractivity contribution in [1.82, 2.24) is 4.57 Å². The summed E-state index contributed by atoms with van der Waals surface area (Å²) in [6.07, 6.45) is 1.75. The van der Waals surface area contributed by atoms with Crippen LogP contribution in [0.1, 0.15) is 5.56 Å². The second-order valence-corrected chi connectivity index (χ2v) is 4.11. The van der Waals surface area contributed by atoms with E-state index in [9.17, 15) is 4.79 Å². The van der Waals surface area contributed by atoms with Crippen LogP contribution in [0.15, 0.2) is 47.4 Å². The highest BCUT2D eigenvalue weighted by molar-refractivity contribution is 5.47. The lowest BCUT2D eigenvalue weighted by molar-refractivity contribution is 0.294. The van der Waals surface area contributed by atoms with Crippen LogP contribution in [-0.2, 0) is 6.54 Å². The Hall–Kier alpha value is -2.23. The fourth-order valence-corrected chi connectivity index (χ4v) is 1.67. The molecule has 1 aromatic carbocycles. The molecule has 0 saturated heterocycles. The minimum Gasteiger partial charge on any atom is -0.491 e. The Balaban J connectivity index is 1.99. The van der Waals surface area contributed by atoms with E-state index in [0.717, 1.165) is 11.3 Å². The summed E-state index contributed by atoms with van der Waals surface area (Å²) in [5.74, 6) is 0.763. The monoisotopic (exact) mass is 244 g/mol. The van der Waals surface area contributed by atoms with Gasteiger partial charge in [-0.25, -0.2) is 0 Å². The van der Waals surface area contributed by atoms with Gasteiger partial charge in [-0.3, -0.25) is 4.79 Å². The predicted octanol–water partition coefficient (Wildman–Crippen LogP) is 1.82. The lowest BCUT2D eigenvalue weighted by Crippen LogP contribution is -2.21. The third kappa shape index (κ3) is 2.91. The number of aryl methyl sites for hydroxylation is 1. The van der Waals surface area contributed by atoms with Crippen molar-refractivity contribution in [1.29, 1.82) is 0 Å². The molecule has 0 amide bonds. The van der Waals surface area contributed by atoms with Crippen LogP contribution >= 0.6 is 0 Å². The van der Waals surface area contributed by atoms with Gasteiger partial charge in [0.15, 0.2) is 0 Å². The first-order chi connectivity index (χ1) is 8.66. The van der Waals surface area contributed by atoms with E-state index in [2.05, 4.69) is 0 Å². The van der Waals surface area contributed by atoms with E-state index >= 15 is 0 Å². The summed E-state index contributed by atoms with van der Waals surface area (Å²) in [7, 11) is 0. The Morgan fingerprint density at radius 3 is 2.89 bits per heavy atom. The van der Waals surface area contributed by atoms with Crippen LogP contribution in [0.2, 0.25) is 0 Å². The van der Waals surface area contributed by atoms with E-state index < -0.39 is 0 Å². The molecule has 0 aliphatic carbocycles. The summed E-state index contributed by atoms with van der Waals surface area (Å²) in [5, 5.41) is 0. The Morgan fingerprint density at radius 1 is 1.28 bits per heavy atom. The number of nitrogens with zero attached hydrogens (tertiary/aromatic N) is 1. The van der Waals surface area contributed by atoms with Crippen LogP contribution in [0.5, 0.6) is 5.75 Å². The minimum atomic E-state index is -0.0228. The highest BCUT2D eigenvalue weighted by Crippen LogP contribution is 2.20. The molecule has 2 N–H and O–H groups in total. The van der Waals surface area contributed by atoms with Gasteiger partial charge in [0.2, 0.25) is 0 Å². The van der Waals surface area contributed by atoms with Crippen LogP contribution in [-0.4, -0.2) is 11.2 Å². The molecule has 2 aromatic rings. The van der Waals surface area contributed by atoms with Crippen molar-refractivity contribution in [2.45, 2.75) is 13.5 Å².